The number of benzene rings is 1. The van der Waals surface area contributed by atoms with Crippen LogP contribution in [0.5, 0.6) is 0 Å². The number of thiophene rings is 1. The second-order valence-corrected chi connectivity index (χ2v) is 5.54. The quantitative estimate of drug-likeness (QED) is 0.918. The third-order valence-corrected chi connectivity index (χ3v) is 4.34. The van der Waals surface area contributed by atoms with Gasteiger partial charge in [0.1, 0.15) is 0 Å². The third kappa shape index (κ3) is 3.08. The first kappa shape index (κ1) is 14.8. The van der Waals surface area contributed by atoms with Crippen LogP contribution in [-0.2, 0) is 0 Å². The number of rotatable bonds is 5. The van der Waals surface area contributed by atoms with Crippen molar-refractivity contribution in [1.29, 1.82) is 0 Å². The summed E-state index contributed by atoms with van der Waals surface area (Å²) in [4.78, 5) is 15.2. The predicted octanol–water partition coefficient (Wildman–Crippen LogP) is 3.18. The molecule has 1 amide bonds. The number of carbonyl (C=O) groups is 1. The molecule has 4 heteroatoms. The highest BCUT2D eigenvalue weighted by Crippen LogP contribution is 2.29. The van der Waals surface area contributed by atoms with Gasteiger partial charge in [-0.05, 0) is 48.6 Å². The van der Waals surface area contributed by atoms with Crippen molar-refractivity contribution in [3.8, 4) is 10.4 Å². The molecule has 3 nitrogen and oxygen atoms in total. The van der Waals surface area contributed by atoms with E-state index < -0.39 is 0 Å². The molecule has 106 valence electrons. The lowest BCUT2D eigenvalue weighted by molar-refractivity contribution is 0.0732. The zero-order valence-corrected chi connectivity index (χ0v) is 12.6. The largest absolute Gasteiger partial charge is 0.395 e. The van der Waals surface area contributed by atoms with Crippen LogP contribution in [0.2, 0.25) is 0 Å². The Kier molecular flexibility index (Phi) is 4.93. The SMILES string of the molecule is CCN(CCO)C(=O)c1cccc(-c2sccc2C)c1. The summed E-state index contributed by atoms with van der Waals surface area (Å²) < 4.78 is 0. The van der Waals surface area contributed by atoms with E-state index in [0.29, 0.717) is 18.7 Å². The zero-order chi connectivity index (χ0) is 14.5. The van der Waals surface area contributed by atoms with Crippen LogP contribution in [-0.4, -0.2) is 35.6 Å². The van der Waals surface area contributed by atoms with Gasteiger partial charge in [0.25, 0.3) is 5.91 Å². The Morgan fingerprint density at radius 1 is 1.35 bits per heavy atom. The molecule has 0 unspecified atom stereocenters. The molecule has 0 spiro atoms. The molecule has 0 fully saturated rings. The molecule has 20 heavy (non-hydrogen) atoms. The standard InChI is InChI=1S/C16H19NO2S/c1-3-17(8-9-18)16(19)14-6-4-5-13(11-14)15-12(2)7-10-20-15/h4-7,10-11,18H,3,8-9H2,1-2H3. The summed E-state index contributed by atoms with van der Waals surface area (Å²) in [7, 11) is 0. The van der Waals surface area contributed by atoms with E-state index in [1.165, 1.54) is 10.4 Å². The lowest BCUT2D eigenvalue weighted by atomic mass is 10.1. The summed E-state index contributed by atoms with van der Waals surface area (Å²) in [6.07, 6.45) is 0. The van der Waals surface area contributed by atoms with E-state index in [1.54, 1.807) is 16.2 Å². The molecular weight excluding hydrogens is 270 g/mol. The number of aliphatic hydroxyl groups excluding tert-OH is 1. The summed E-state index contributed by atoms with van der Waals surface area (Å²) >= 11 is 1.68. The second-order valence-electron chi connectivity index (χ2n) is 4.62. The van der Waals surface area contributed by atoms with Crippen LogP contribution in [0.3, 0.4) is 0 Å². The predicted molar refractivity (Wildman–Crippen MR) is 83.2 cm³/mol. The number of hydrogen-bond donors (Lipinski definition) is 1. The van der Waals surface area contributed by atoms with Crippen molar-refractivity contribution in [1.82, 2.24) is 4.90 Å². The number of hydrogen-bond acceptors (Lipinski definition) is 3. The molecule has 0 aliphatic carbocycles. The van der Waals surface area contributed by atoms with Crippen molar-refractivity contribution in [2.24, 2.45) is 0 Å². The first-order valence-electron chi connectivity index (χ1n) is 6.72. The number of amides is 1. The maximum atomic E-state index is 12.4. The molecule has 1 aromatic carbocycles. The van der Waals surface area contributed by atoms with Gasteiger partial charge in [0.15, 0.2) is 0 Å². The summed E-state index contributed by atoms with van der Waals surface area (Å²) in [6.45, 7) is 4.95. The Balaban J connectivity index is 2.30. The Hall–Kier alpha value is -1.65. The van der Waals surface area contributed by atoms with Crippen molar-refractivity contribution in [3.05, 3.63) is 46.8 Å². The molecule has 0 saturated carbocycles. The molecular formula is C16H19NO2S. The van der Waals surface area contributed by atoms with Crippen molar-refractivity contribution in [2.45, 2.75) is 13.8 Å². The second kappa shape index (κ2) is 6.68. The maximum Gasteiger partial charge on any atom is 0.253 e. The minimum atomic E-state index is -0.0300. The van der Waals surface area contributed by atoms with E-state index in [1.807, 2.05) is 31.2 Å². The lowest BCUT2D eigenvalue weighted by Crippen LogP contribution is -2.33. The van der Waals surface area contributed by atoms with Gasteiger partial charge in [-0.15, -0.1) is 11.3 Å². The number of nitrogens with zero attached hydrogens (tertiary/aromatic N) is 1. The van der Waals surface area contributed by atoms with Gasteiger partial charge in [-0.2, -0.15) is 0 Å². The first-order chi connectivity index (χ1) is 9.67. The number of aryl methyl sites for hydroxylation is 1. The normalized spacial score (nSPS) is 10.6. The zero-order valence-electron chi connectivity index (χ0n) is 11.8. The fourth-order valence-electron chi connectivity index (χ4n) is 2.17. The smallest absolute Gasteiger partial charge is 0.253 e. The van der Waals surface area contributed by atoms with Gasteiger partial charge in [-0.25, -0.2) is 0 Å². The monoisotopic (exact) mass is 289 g/mol. The van der Waals surface area contributed by atoms with Gasteiger partial charge in [-0.3, -0.25) is 4.79 Å². The number of carbonyl (C=O) groups excluding carboxylic acids is 1. The molecule has 2 aromatic rings. The molecule has 0 atom stereocenters. The molecule has 0 aliphatic rings. The van der Waals surface area contributed by atoms with Gasteiger partial charge in [-0.1, -0.05) is 12.1 Å². The Bertz CT molecular complexity index is 592. The fraction of sp³-hybridized carbons (Fsp3) is 0.312. The first-order valence-corrected chi connectivity index (χ1v) is 7.60. The minimum Gasteiger partial charge on any atom is -0.395 e. The minimum absolute atomic E-state index is 0.0106. The van der Waals surface area contributed by atoms with Gasteiger partial charge in [0.05, 0.1) is 6.61 Å². The molecule has 0 saturated heterocycles. The van der Waals surface area contributed by atoms with Gasteiger partial charge in [0.2, 0.25) is 0 Å². The van der Waals surface area contributed by atoms with Gasteiger partial charge in [0, 0.05) is 23.5 Å². The molecule has 1 N–H and O–H groups in total. The summed E-state index contributed by atoms with van der Waals surface area (Å²) in [5.74, 6) is -0.0300. The summed E-state index contributed by atoms with van der Waals surface area (Å²) in [5.41, 5.74) is 2.97. The van der Waals surface area contributed by atoms with Crippen LogP contribution in [0.1, 0.15) is 22.8 Å². The van der Waals surface area contributed by atoms with Crippen LogP contribution in [0.4, 0.5) is 0 Å². The Morgan fingerprint density at radius 3 is 2.75 bits per heavy atom. The van der Waals surface area contributed by atoms with Crippen LogP contribution in [0.15, 0.2) is 35.7 Å². The van der Waals surface area contributed by atoms with Crippen LogP contribution in [0, 0.1) is 6.92 Å². The van der Waals surface area contributed by atoms with Gasteiger partial charge < -0.3 is 10.0 Å². The average molecular weight is 289 g/mol. The van der Waals surface area contributed by atoms with Crippen LogP contribution in [0.25, 0.3) is 10.4 Å². The lowest BCUT2D eigenvalue weighted by Gasteiger charge is -2.20. The highest BCUT2D eigenvalue weighted by Gasteiger charge is 2.14. The topological polar surface area (TPSA) is 40.5 Å². The van der Waals surface area contributed by atoms with E-state index in [9.17, 15) is 4.79 Å². The van der Waals surface area contributed by atoms with E-state index >= 15 is 0 Å². The average Bonchev–Trinajstić information content (AvgIpc) is 2.90. The van der Waals surface area contributed by atoms with E-state index in [2.05, 4.69) is 18.4 Å². The Morgan fingerprint density at radius 2 is 2.15 bits per heavy atom. The molecule has 0 radical (unpaired) electrons. The molecule has 2 rings (SSSR count). The van der Waals surface area contributed by atoms with Crippen LogP contribution >= 0.6 is 11.3 Å². The van der Waals surface area contributed by atoms with E-state index in [0.717, 1.165) is 5.56 Å². The molecule has 0 bridgehead atoms. The highest BCUT2D eigenvalue weighted by atomic mass is 32.1. The Labute approximate surface area is 123 Å². The third-order valence-electron chi connectivity index (χ3n) is 3.27. The van der Waals surface area contributed by atoms with Crippen LogP contribution < -0.4 is 0 Å². The van der Waals surface area contributed by atoms with Gasteiger partial charge >= 0.3 is 0 Å². The van der Waals surface area contributed by atoms with Crippen molar-refractivity contribution in [3.63, 3.8) is 0 Å². The highest BCUT2D eigenvalue weighted by molar-refractivity contribution is 7.13. The fourth-order valence-corrected chi connectivity index (χ4v) is 3.09. The van der Waals surface area contributed by atoms with Crippen molar-refractivity contribution in [2.75, 3.05) is 19.7 Å². The molecule has 0 aliphatic heterocycles. The number of aliphatic hydroxyl groups is 1. The molecule has 1 heterocycles. The molecule has 1 aromatic heterocycles. The van der Waals surface area contributed by atoms with E-state index in [4.69, 9.17) is 5.11 Å². The summed E-state index contributed by atoms with van der Waals surface area (Å²) in [5, 5.41) is 11.1. The number of likely N-dealkylation sites (N-methyl/N-ethyl adjacent to an activating group) is 1. The van der Waals surface area contributed by atoms with Crippen molar-refractivity contribution < 1.29 is 9.90 Å². The van der Waals surface area contributed by atoms with Crippen molar-refractivity contribution >= 4 is 17.2 Å². The van der Waals surface area contributed by atoms with E-state index in [-0.39, 0.29) is 12.5 Å². The maximum absolute atomic E-state index is 12.4. The summed E-state index contributed by atoms with van der Waals surface area (Å²) in [6, 6.07) is 9.78.